The monoisotopic (exact) mass is 476 g/mol. The van der Waals surface area contributed by atoms with Crippen LogP contribution in [-0.2, 0) is 6.42 Å². The lowest BCUT2D eigenvalue weighted by atomic mass is 10.1. The Kier molecular flexibility index (Phi) is 9.99. The van der Waals surface area contributed by atoms with Gasteiger partial charge < -0.3 is 15.5 Å². The fourth-order valence-electron chi connectivity index (χ4n) is 2.46. The fourth-order valence-corrected chi connectivity index (χ4v) is 3.17. The molecular weight excluding hydrogens is 450 g/mol. The second-order valence-electron chi connectivity index (χ2n) is 5.74. The number of nitrogens with zero attached hydrogens (tertiary/aromatic N) is 2. The summed E-state index contributed by atoms with van der Waals surface area (Å²) in [5.74, 6) is 0.566. The lowest BCUT2D eigenvalue weighted by molar-refractivity contribution is 0.298. The molecule has 138 valence electrons. The van der Waals surface area contributed by atoms with Gasteiger partial charge in [0.2, 0.25) is 0 Å². The van der Waals surface area contributed by atoms with Gasteiger partial charge in [0.15, 0.2) is 5.96 Å². The van der Waals surface area contributed by atoms with E-state index >= 15 is 0 Å². The van der Waals surface area contributed by atoms with E-state index in [1.54, 1.807) is 18.4 Å². The molecule has 2 N–H and O–H groups in total. The Morgan fingerprint density at radius 2 is 1.92 bits per heavy atom. The second kappa shape index (κ2) is 11.4. The third kappa shape index (κ3) is 7.29. The molecule has 2 rings (SSSR count). The molecule has 0 aliphatic heterocycles. The fraction of sp³-hybridized carbons (Fsp3) is 0.389. The summed E-state index contributed by atoms with van der Waals surface area (Å²) in [6, 6.07) is 11.0. The van der Waals surface area contributed by atoms with Crippen molar-refractivity contribution in [2.45, 2.75) is 12.5 Å². The van der Waals surface area contributed by atoms with Crippen molar-refractivity contribution in [3.05, 3.63) is 58.0 Å². The number of nitrogens with one attached hydrogen (secondary N) is 2. The van der Waals surface area contributed by atoms with Gasteiger partial charge in [-0.2, -0.15) is 0 Å². The molecule has 1 unspecified atom stereocenters. The molecule has 0 saturated heterocycles. The van der Waals surface area contributed by atoms with E-state index in [9.17, 15) is 4.39 Å². The topological polar surface area (TPSA) is 39.7 Å². The molecular formula is C18H26FIN4S. The van der Waals surface area contributed by atoms with E-state index < -0.39 is 0 Å². The van der Waals surface area contributed by atoms with Gasteiger partial charge in [-0.3, -0.25) is 4.99 Å². The van der Waals surface area contributed by atoms with Crippen molar-refractivity contribution >= 4 is 41.3 Å². The molecule has 1 aromatic heterocycles. The minimum Gasteiger partial charge on any atom is -0.356 e. The van der Waals surface area contributed by atoms with E-state index in [0.717, 1.165) is 24.5 Å². The van der Waals surface area contributed by atoms with Gasteiger partial charge in [0.1, 0.15) is 5.82 Å². The summed E-state index contributed by atoms with van der Waals surface area (Å²) in [4.78, 5) is 7.73. The molecule has 0 bridgehead atoms. The van der Waals surface area contributed by atoms with Crippen LogP contribution in [-0.4, -0.2) is 45.1 Å². The van der Waals surface area contributed by atoms with E-state index in [-0.39, 0.29) is 35.8 Å². The Bertz CT molecular complexity index is 629. The molecule has 7 heteroatoms. The van der Waals surface area contributed by atoms with Crippen LogP contribution in [0.5, 0.6) is 0 Å². The first-order valence-electron chi connectivity index (χ1n) is 7.99. The van der Waals surface area contributed by atoms with Crippen LogP contribution in [0.25, 0.3) is 0 Å². The van der Waals surface area contributed by atoms with E-state index in [1.165, 1.54) is 17.0 Å². The molecule has 2 aromatic rings. The SMILES string of the molecule is CN=C(NCCc1cccs1)NCC(c1ccc(F)cc1)N(C)C.I. The van der Waals surface area contributed by atoms with Crippen LogP contribution >= 0.6 is 35.3 Å². The smallest absolute Gasteiger partial charge is 0.191 e. The quantitative estimate of drug-likeness (QED) is 0.365. The molecule has 4 nitrogen and oxygen atoms in total. The average Bonchev–Trinajstić information content (AvgIpc) is 3.08. The zero-order chi connectivity index (χ0) is 17.4. The van der Waals surface area contributed by atoms with Crippen molar-refractivity contribution < 1.29 is 4.39 Å². The summed E-state index contributed by atoms with van der Waals surface area (Å²) < 4.78 is 13.1. The maximum Gasteiger partial charge on any atom is 0.191 e. The number of likely N-dealkylation sites (N-methyl/N-ethyl adjacent to an activating group) is 1. The minimum atomic E-state index is -0.213. The molecule has 0 saturated carbocycles. The van der Waals surface area contributed by atoms with Crippen molar-refractivity contribution in [2.24, 2.45) is 4.99 Å². The molecule has 0 spiro atoms. The number of hydrogen-bond acceptors (Lipinski definition) is 3. The highest BCUT2D eigenvalue weighted by atomic mass is 127. The first-order valence-corrected chi connectivity index (χ1v) is 8.87. The Balaban J connectivity index is 0.00000312. The van der Waals surface area contributed by atoms with Crippen molar-refractivity contribution in [1.82, 2.24) is 15.5 Å². The number of hydrogen-bond donors (Lipinski definition) is 2. The standard InChI is InChI=1S/C18H25FN4S.HI/c1-20-18(21-11-10-16-5-4-12-24-16)22-13-17(23(2)3)14-6-8-15(19)9-7-14;/h4-9,12,17H,10-11,13H2,1-3H3,(H2,20,21,22);1H. The first-order chi connectivity index (χ1) is 11.6. The predicted molar refractivity (Wildman–Crippen MR) is 116 cm³/mol. The third-order valence-corrected chi connectivity index (χ3v) is 4.74. The van der Waals surface area contributed by atoms with E-state index in [4.69, 9.17) is 0 Å². The van der Waals surface area contributed by atoms with Crippen LogP contribution < -0.4 is 10.6 Å². The number of guanidine groups is 1. The summed E-state index contributed by atoms with van der Waals surface area (Å²) in [6.45, 7) is 1.53. The van der Waals surface area contributed by atoms with Gasteiger partial charge >= 0.3 is 0 Å². The number of rotatable bonds is 7. The van der Waals surface area contributed by atoms with Crippen LogP contribution in [0.15, 0.2) is 46.8 Å². The molecule has 0 amide bonds. The summed E-state index contributed by atoms with van der Waals surface area (Å²) in [5, 5.41) is 8.77. The lowest BCUT2D eigenvalue weighted by Crippen LogP contribution is -2.42. The van der Waals surface area contributed by atoms with E-state index in [2.05, 4.69) is 38.0 Å². The molecule has 0 radical (unpaired) electrons. The van der Waals surface area contributed by atoms with Gasteiger partial charge in [-0.1, -0.05) is 18.2 Å². The van der Waals surface area contributed by atoms with Crippen molar-refractivity contribution in [2.75, 3.05) is 34.2 Å². The molecule has 0 fully saturated rings. The van der Waals surface area contributed by atoms with Gasteiger partial charge in [-0.05, 0) is 49.7 Å². The zero-order valence-electron chi connectivity index (χ0n) is 14.8. The minimum absolute atomic E-state index is 0. The summed E-state index contributed by atoms with van der Waals surface area (Å²) >= 11 is 1.77. The van der Waals surface area contributed by atoms with Crippen LogP contribution in [0.3, 0.4) is 0 Å². The summed E-state index contributed by atoms with van der Waals surface area (Å²) in [6.07, 6.45) is 0.980. The molecule has 1 heterocycles. The zero-order valence-corrected chi connectivity index (χ0v) is 18.0. The maximum atomic E-state index is 13.1. The van der Waals surface area contributed by atoms with Gasteiger partial charge in [0.05, 0.1) is 6.04 Å². The van der Waals surface area contributed by atoms with Crippen molar-refractivity contribution in [3.8, 4) is 0 Å². The highest BCUT2D eigenvalue weighted by Crippen LogP contribution is 2.17. The summed E-state index contributed by atoms with van der Waals surface area (Å²) in [5.41, 5.74) is 1.07. The van der Waals surface area contributed by atoms with Gasteiger partial charge in [-0.15, -0.1) is 35.3 Å². The van der Waals surface area contributed by atoms with E-state index in [0.29, 0.717) is 6.54 Å². The average molecular weight is 476 g/mol. The molecule has 0 aliphatic carbocycles. The third-order valence-electron chi connectivity index (χ3n) is 3.81. The number of thiophene rings is 1. The molecule has 25 heavy (non-hydrogen) atoms. The Morgan fingerprint density at radius 1 is 1.20 bits per heavy atom. The van der Waals surface area contributed by atoms with E-state index in [1.807, 2.05) is 26.2 Å². The highest BCUT2D eigenvalue weighted by molar-refractivity contribution is 14.0. The first kappa shape index (κ1) is 21.9. The van der Waals surface area contributed by atoms with Crippen LogP contribution in [0.1, 0.15) is 16.5 Å². The number of halogens is 2. The highest BCUT2D eigenvalue weighted by Gasteiger charge is 2.14. The molecule has 1 atom stereocenters. The van der Waals surface area contributed by atoms with Crippen molar-refractivity contribution in [1.29, 1.82) is 0 Å². The van der Waals surface area contributed by atoms with Gasteiger partial charge in [0, 0.05) is 25.0 Å². The normalized spacial score (nSPS) is 12.6. The molecule has 0 aliphatic rings. The van der Waals surface area contributed by atoms with Gasteiger partial charge in [-0.25, -0.2) is 4.39 Å². The predicted octanol–water partition coefficient (Wildman–Crippen LogP) is 3.52. The Morgan fingerprint density at radius 3 is 2.48 bits per heavy atom. The summed E-state index contributed by atoms with van der Waals surface area (Å²) in [7, 11) is 5.80. The Hall–Kier alpha value is -1.19. The number of benzene rings is 1. The van der Waals surface area contributed by atoms with Crippen molar-refractivity contribution in [3.63, 3.8) is 0 Å². The number of aliphatic imine (C=N–C) groups is 1. The largest absolute Gasteiger partial charge is 0.356 e. The second-order valence-corrected chi connectivity index (χ2v) is 6.77. The van der Waals surface area contributed by atoms with Crippen LogP contribution in [0.4, 0.5) is 4.39 Å². The van der Waals surface area contributed by atoms with Crippen LogP contribution in [0.2, 0.25) is 0 Å². The molecule has 1 aromatic carbocycles. The Labute approximate surface area is 170 Å². The lowest BCUT2D eigenvalue weighted by Gasteiger charge is -2.26. The van der Waals surface area contributed by atoms with Crippen LogP contribution in [0, 0.1) is 5.82 Å². The maximum absolute atomic E-state index is 13.1. The van der Waals surface area contributed by atoms with Gasteiger partial charge in [0.25, 0.3) is 0 Å².